The molecule has 1 aliphatic heterocycles. The lowest BCUT2D eigenvalue weighted by Crippen LogP contribution is -2.35. The van der Waals surface area contributed by atoms with E-state index in [4.69, 9.17) is 18.9 Å². The Labute approximate surface area is 194 Å². The van der Waals surface area contributed by atoms with Crippen LogP contribution in [0, 0.1) is 5.92 Å². The van der Waals surface area contributed by atoms with E-state index in [9.17, 15) is 13.2 Å². The fourth-order valence-corrected chi connectivity index (χ4v) is 4.55. The van der Waals surface area contributed by atoms with Crippen LogP contribution in [0.2, 0.25) is 0 Å². The minimum Gasteiger partial charge on any atom is -0.493 e. The van der Waals surface area contributed by atoms with Gasteiger partial charge in [-0.05, 0) is 35.7 Å². The molecule has 10 heteroatoms. The van der Waals surface area contributed by atoms with Crippen LogP contribution in [0.1, 0.15) is 31.9 Å². The van der Waals surface area contributed by atoms with Crippen LogP contribution in [0.15, 0.2) is 41.3 Å². The Kier molecular flexibility index (Phi) is 8.04. The van der Waals surface area contributed by atoms with Gasteiger partial charge >= 0.3 is 0 Å². The summed E-state index contributed by atoms with van der Waals surface area (Å²) in [6, 6.07) is 9.66. The predicted molar refractivity (Wildman–Crippen MR) is 123 cm³/mol. The highest BCUT2D eigenvalue weighted by molar-refractivity contribution is 7.89. The van der Waals surface area contributed by atoms with Crippen molar-refractivity contribution < 1.29 is 32.2 Å². The molecule has 9 nitrogen and oxygen atoms in total. The van der Waals surface area contributed by atoms with Gasteiger partial charge in [-0.3, -0.25) is 4.79 Å². The van der Waals surface area contributed by atoms with Crippen molar-refractivity contribution in [1.29, 1.82) is 0 Å². The van der Waals surface area contributed by atoms with Gasteiger partial charge in [0.05, 0.1) is 25.2 Å². The summed E-state index contributed by atoms with van der Waals surface area (Å²) in [6.45, 7) is 4.95. The van der Waals surface area contributed by atoms with E-state index in [-0.39, 0.29) is 35.7 Å². The van der Waals surface area contributed by atoms with Crippen LogP contribution >= 0.6 is 0 Å². The molecule has 0 spiro atoms. The molecule has 1 heterocycles. The highest BCUT2D eigenvalue weighted by Gasteiger charge is 2.22. The Morgan fingerprint density at radius 2 is 1.70 bits per heavy atom. The number of fused-ring (bicyclic) bond motifs is 1. The third-order valence-electron chi connectivity index (χ3n) is 5.22. The van der Waals surface area contributed by atoms with Gasteiger partial charge in [0.25, 0.3) is 0 Å². The van der Waals surface area contributed by atoms with Crippen LogP contribution in [0.4, 0.5) is 0 Å². The number of rotatable bonds is 10. The number of ether oxygens (including phenoxy) is 4. The number of nitrogens with one attached hydrogen (secondary N) is 2. The Morgan fingerprint density at radius 1 is 1.00 bits per heavy atom. The highest BCUT2D eigenvalue weighted by atomic mass is 32.2. The second-order valence-corrected chi connectivity index (χ2v) is 9.62. The molecule has 0 saturated carbocycles. The van der Waals surface area contributed by atoms with Crippen molar-refractivity contribution in [3.05, 3.63) is 42.0 Å². The fourth-order valence-electron chi connectivity index (χ4n) is 3.50. The third kappa shape index (κ3) is 6.08. The van der Waals surface area contributed by atoms with Crippen LogP contribution in [0.3, 0.4) is 0 Å². The van der Waals surface area contributed by atoms with Crippen LogP contribution in [0.5, 0.6) is 23.0 Å². The van der Waals surface area contributed by atoms with Crippen molar-refractivity contribution >= 4 is 15.9 Å². The summed E-state index contributed by atoms with van der Waals surface area (Å²) >= 11 is 0. The van der Waals surface area contributed by atoms with Crippen LogP contribution in [0.25, 0.3) is 0 Å². The minimum atomic E-state index is -3.82. The molecule has 2 N–H and O–H groups in total. The SMILES string of the molecule is COc1ccc(S(=O)(=O)NCCC(=O)NC(c2ccc3c(c2)OCCO3)C(C)C)cc1OC. The molecule has 2 aromatic carbocycles. The van der Waals surface area contributed by atoms with Crippen LogP contribution < -0.4 is 29.0 Å². The van der Waals surface area contributed by atoms with E-state index < -0.39 is 10.0 Å². The van der Waals surface area contributed by atoms with Gasteiger partial charge in [-0.15, -0.1) is 0 Å². The standard InChI is InChI=1S/C23H30N2O7S/c1-15(2)23(16-5-7-19-21(13-16)32-12-11-31-19)25-22(26)9-10-24-33(27,28)17-6-8-18(29-3)20(14-17)30-4/h5-8,13-15,23-24H,9-12H2,1-4H3,(H,25,26). The molecule has 0 bridgehead atoms. The average Bonchev–Trinajstić information content (AvgIpc) is 2.81. The van der Waals surface area contributed by atoms with Gasteiger partial charge in [0.1, 0.15) is 13.2 Å². The summed E-state index contributed by atoms with van der Waals surface area (Å²) < 4.78 is 49.2. The maximum atomic E-state index is 12.6. The Balaban J connectivity index is 1.60. The molecule has 1 atom stereocenters. The lowest BCUT2D eigenvalue weighted by molar-refractivity contribution is -0.122. The lowest BCUT2D eigenvalue weighted by atomic mass is 9.95. The number of methoxy groups -OCH3 is 2. The predicted octanol–water partition coefficient (Wildman–Crippen LogP) is 2.66. The van der Waals surface area contributed by atoms with Crippen molar-refractivity contribution in [2.75, 3.05) is 34.0 Å². The first-order valence-corrected chi connectivity index (χ1v) is 12.1. The molecule has 33 heavy (non-hydrogen) atoms. The first-order chi connectivity index (χ1) is 15.7. The molecule has 1 amide bonds. The first kappa shape index (κ1) is 24.7. The van der Waals surface area contributed by atoms with Gasteiger partial charge in [0, 0.05) is 19.0 Å². The van der Waals surface area contributed by atoms with Gasteiger partial charge in [-0.2, -0.15) is 0 Å². The molecular formula is C23H30N2O7S. The Morgan fingerprint density at radius 3 is 2.36 bits per heavy atom. The van der Waals surface area contributed by atoms with E-state index >= 15 is 0 Å². The van der Waals surface area contributed by atoms with E-state index in [1.807, 2.05) is 32.0 Å². The van der Waals surface area contributed by atoms with Gasteiger partial charge in [-0.25, -0.2) is 13.1 Å². The number of hydrogen-bond donors (Lipinski definition) is 2. The summed E-state index contributed by atoms with van der Waals surface area (Å²) in [6.07, 6.45) is -0.0136. The molecule has 0 aliphatic carbocycles. The minimum absolute atomic E-state index is 0.0136. The molecule has 1 aliphatic rings. The van der Waals surface area contributed by atoms with Crippen LogP contribution in [-0.4, -0.2) is 48.3 Å². The van der Waals surface area contributed by atoms with E-state index in [1.54, 1.807) is 0 Å². The van der Waals surface area contributed by atoms with Crippen molar-refractivity contribution in [2.45, 2.75) is 31.2 Å². The van der Waals surface area contributed by atoms with E-state index in [1.165, 1.54) is 32.4 Å². The summed E-state index contributed by atoms with van der Waals surface area (Å²) in [4.78, 5) is 12.6. The molecule has 0 fully saturated rings. The second-order valence-electron chi connectivity index (χ2n) is 7.86. The summed E-state index contributed by atoms with van der Waals surface area (Å²) in [5.74, 6) is 1.91. The zero-order valence-electron chi connectivity index (χ0n) is 19.2. The lowest BCUT2D eigenvalue weighted by Gasteiger charge is -2.25. The van der Waals surface area contributed by atoms with Gasteiger partial charge < -0.3 is 24.3 Å². The monoisotopic (exact) mass is 478 g/mol. The Hall–Kier alpha value is -2.98. The van der Waals surface area contributed by atoms with Crippen molar-refractivity contribution in [2.24, 2.45) is 5.92 Å². The fraction of sp³-hybridized carbons (Fsp3) is 0.435. The van der Waals surface area contributed by atoms with Gasteiger partial charge in [-0.1, -0.05) is 19.9 Å². The van der Waals surface area contributed by atoms with Crippen LogP contribution in [-0.2, 0) is 14.8 Å². The number of benzene rings is 2. The molecule has 3 rings (SSSR count). The maximum Gasteiger partial charge on any atom is 0.240 e. The molecule has 2 aromatic rings. The van der Waals surface area contributed by atoms with Crippen molar-refractivity contribution in [3.63, 3.8) is 0 Å². The number of carbonyl (C=O) groups is 1. The molecular weight excluding hydrogens is 448 g/mol. The zero-order chi connectivity index (χ0) is 24.0. The quantitative estimate of drug-likeness (QED) is 0.540. The average molecular weight is 479 g/mol. The largest absolute Gasteiger partial charge is 0.493 e. The summed E-state index contributed by atoms with van der Waals surface area (Å²) in [5, 5.41) is 2.99. The molecule has 1 unspecified atom stereocenters. The topological polar surface area (TPSA) is 112 Å². The Bertz CT molecular complexity index is 1090. The number of hydrogen-bond acceptors (Lipinski definition) is 7. The van der Waals surface area contributed by atoms with Gasteiger partial charge in [0.2, 0.25) is 15.9 Å². The smallest absolute Gasteiger partial charge is 0.240 e. The van der Waals surface area contributed by atoms with Gasteiger partial charge in [0.15, 0.2) is 23.0 Å². The van der Waals surface area contributed by atoms with E-state index in [2.05, 4.69) is 10.0 Å². The highest BCUT2D eigenvalue weighted by Crippen LogP contribution is 2.34. The number of sulfonamides is 1. The van der Waals surface area contributed by atoms with E-state index in [0.29, 0.717) is 36.2 Å². The number of carbonyl (C=O) groups excluding carboxylic acids is 1. The molecule has 0 radical (unpaired) electrons. The zero-order valence-corrected chi connectivity index (χ0v) is 20.0. The summed E-state index contributed by atoms with van der Waals surface area (Å²) in [5.41, 5.74) is 0.897. The molecule has 0 aromatic heterocycles. The third-order valence-corrected chi connectivity index (χ3v) is 6.68. The number of amides is 1. The molecule has 0 saturated heterocycles. The summed E-state index contributed by atoms with van der Waals surface area (Å²) in [7, 11) is -0.917. The normalized spacial score (nSPS) is 14.0. The van der Waals surface area contributed by atoms with E-state index in [0.717, 1.165) is 5.56 Å². The first-order valence-electron chi connectivity index (χ1n) is 10.7. The van der Waals surface area contributed by atoms with Crippen molar-refractivity contribution in [3.8, 4) is 23.0 Å². The second kappa shape index (κ2) is 10.8. The maximum absolute atomic E-state index is 12.6. The van der Waals surface area contributed by atoms with Crippen molar-refractivity contribution in [1.82, 2.24) is 10.0 Å². The molecule has 180 valence electrons.